The predicted octanol–water partition coefficient (Wildman–Crippen LogP) is 2.02. The van der Waals surface area contributed by atoms with Gasteiger partial charge < -0.3 is 5.11 Å². The molecule has 1 N–H and O–H groups in total. The average molecular weight is 185 g/mol. The molecule has 0 aromatic rings. The molecule has 1 aliphatic heterocycles. The molecule has 0 aromatic heterocycles. The Labute approximate surface area is 81.9 Å². The first-order valence-electron chi connectivity index (χ1n) is 5.62. The third-order valence-corrected chi connectivity index (χ3v) is 3.18. The third kappa shape index (κ3) is 2.68. The van der Waals surface area contributed by atoms with E-state index in [0.29, 0.717) is 12.1 Å². The van der Waals surface area contributed by atoms with Gasteiger partial charge in [-0.25, -0.2) is 0 Å². The monoisotopic (exact) mass is 185 g/mol. The highest BCUT2D eigenvalue weighted by Gasteiger charge is 2.30. The maximum absolute atomic E-state index is 9.66. The second kappa shape index (κ2) is 4.97. The number of hydrogen-bond donors (Lipinski definition) is 1. The van der Waals surface area contributed by atoms with Crippen molar-refractivity contribution >= 4 is 0 Å². The zero-order valence-corrected chi connectivity index (χ0v) is 9.16. The van der Waals surface area contributed by atoms with Crippen molar-refractivity contribution in [3.63, 3.8) is 0 Å². The average Bonchev–Trinajstić information content (AvgIpc) is 2.04. The fourth-order valence-electron chi connectivity index (χ4n) is 2.62. The number of rotatable bonds is 3. The zero-order valence-electron chi connectivity index (χ0n) is 9.16. The molecular formula is C11H23NO. The minimum absolute atomic E-state index is 0.0608. The van der Waals surface area contributed by atoms with E-state index in [9.17, 15) is 5.11 Å². The number of piperidine rings is 1. The molecule has 13 heavy (non-hydrogen) atoms. The normalized spacial score (nSPS) is 36.5. The van der Waals surface area contributed by atoms with Crippen LogP contribution in [0.4, 0.5) is 0 Å². The minimum Gasteiger partial charge on any atom is -0.393 e. The van der Waals surface area contributed by atoms with Gasteiger partial charge in [0.15, 0.2) is 0 Å². The molecule has 1 fully saturated rings. The largest absolute Gasteiger partial charge is 0.393 e. The fraction of sp³-hybridized carbons (Fsp3) is 1.00. The highest BCUT2D eigenvalue weighted by atomic mass is 16.3. The van der Waals surface area contributed by atoms with E-state index in [-0.39, 0.29) is 6.10 Å². The van der Waals surface area contributed by atoms with Crippen LogP contribution in [0.15, 0.2) is 0 Å². The maximum atomic E-state index is 9.66. The lowest BCUT2D eigenvalue weighted by atomic mass is 9.91. The quantitative estimate of drug-likeness (QED) is 0.727. The van der Waals surface area contributed by atoms with Crippen molar-refractivity contribution in [1.82, 2.24) is 4.90 Å². The second-order valence-corrected chi connectivity index (χ2v) is 4.25. The number of aliphatic hydroxyl groups excluding tert-OH is 1. The molecule has 2 nitrogen and oxygen atoms in total. The Balaban J connectivity index is 2.54. The minimum atomic E-state index is -0.0608. The van der Waals surface area contributed by atoms with Crippen LogP contribution in [0.3, 0.4) is 0 Å². The topological polar surface area (TPSA) is 23.5 Å². The van der Waals surface area contributed by atoms with Crippen molar-refractivity contribution in [3.8, 4) is 0 Å². The van der Waals surface area contributed by atoms with Gasteiger partial charge in [-0.3, -0.25) is 4.90 Å². The first kappa shape index (κ1) is 11.0. The van der Waals surface area contributed by atoms with E-state index in [1.807, 2.05) is 0 Å². The van der Waals surface area contributed by atoms with Gasteiger partial charge in [0.2, 0.25) is 0 Å². The van der Waals surface area contributed by atoms with Crippen molar-refractivity contribution < 1.29 is 5.11 Å². The van der Waals surface area contributed by atoms with E-state index in [2.05, 4.69) is 25.7 Å². The van der Waals surface area contributed by atoms with Gasteiger partial charge in [0.25, 0.3) is 0 Å². The molecule has 3 unspecified atom stereocenters. The number of likely N-dealkylation sites (tertiary alicyclic amines) is 1. The molecular weight excluding hydrogens is 162 g/mol. The summed E-state index contributed by atoms with van der Waals surface area (Å²) >= 11 is 0. The molecule has 78 valence electrons. The molecule has 0 amide bonds. The molecule has 0 saturated carbocycles. The first-order chi connectivity index (χ1) is 6.19. The van der Waals surface area contributed by atoms with Crippen LogP contribution in [-0.2, 0) is 0 Å². The predicted molar refractivity (Wildman–Crippen MR) is 55.8 cm³/mol. The van der Waals surface area contributed by atoms with Gasteiger partial charge in [-0.15, -0.1) is 0 Å². The van der Waals surface area contributed by atoms with Gasteiger partial charge in [0, 0.05) is 12.1 Å². The summed E-state index contributed by atoms with van der Waals surface area (Å²) in [5, 5.41) is 9.66. The van der Waals surface area contributed by atoms with Gasteiger partial charge in [-0.2, -0.15) is 0 Å². The Hall–Kier alpha value is -0.0800. The van der Waals surface area contributed by atoms with Gasteiger partial charge >= 0.3 is 0 Å². The molecule has 2 heteroatoms. The van der Waals surface area contributed by atoms with Crippen LogP contribution in [0.2, 0.25) is 0 Å². The van der Waals surface area contributed by atoms with Crippen molar-refractivity contribution in [2.24, 2.45) is 0 Å². The van der Waals surface area contributed by atoms with Crippen LogP contribution in [0.25, 0.3) is 0 Å². The van der Waals surface area contributed by atoms with Crippen LogP contribution in [0, 0.1) is 0 Å². The molecule has 1 saturated heterocycles. The van der Waals surface area contributed by atoms with Gasteiger partial charge in [-0.05, 0) is 32.7 Å². The summed E-state index contributed by atoms with van der Waals surface area (Å²) in [7, 11) is 0. The third-order valence-electron chi connectivity index (χ3n) is 3.18. The lowest BCUT2D eigenvalue weighted by Gasteiger charge is -2.42. The SMILES string of the molecule is CCCC1CC(O)CC(C)N1CC. The maximum Gasteiger partial charge on any atom is 0.0570 e. The number of aliphatic hydroxyl groups is 1. The van der Waals surface area contributed by atoms with Crippen LogP contribution in [0.1, 0.15) is 46.5 Å². The molecule has 0 radical (unpaired) electrons. The molecule has 0 bridgehead atoms. The Morgan fingerprint density at radius 1 is 1.31 bits per heavy atom. The molecule has 1 heterocycles. The number of nitrogens with zero attached hydrogens (tertiary/aromatic N) is 1. The second-order valence-electron chi connectivity index (χ2n) is 4.25. The number of hydrogen-bond acceptors (Lipinski definition) is 2. The molecule has 0 aromatic carbocycles. The summed E-state index contributed by atoms with van der Waals surface area (Å²) in [6, 6.07) is 1.18. The van der Waals surface area contributed by atoms with Crippen LogP contribution in [-0.4, -0.2) is 34.7 Å². The first-order valence-corrected chi connectivity index (χ1v) is 5.62. The Bertz CT molecular complexity index is 149. The van der Waals surface area contributed by atoms with E-state index in [1.165, 1.54) is 12.8 Å². The Kier molecular flexibility index (Phi) is 4.20. The van der Waals surface area contributed by atoms with E-state index >= 15 is 0 Å². The van der Waals surface area contributed by atoms with Crippen molar-refractivity contribution in [2.45, 2.75) is 64.6 Å². The van der Waals surface area contributed by atoms with Crippen LogP contribution >= 0.6 is 0 Å². The molecule has 1 rings (SSSR count). The van der Waals surface area contributed by atoms with E-state index < -0.39 is 0 Å². The highest BCUT2D eigenvalue weighted by Crippen LogP contribution is 2.25. The van der Waals surface area contributed by atoms with Crippen LogP contribution in [0.5, 0.6) is 0 Å². The van der Waals surface area contributed by atoms with E-state index in [4.69, 9.17) is 0 Å². The summed E-state index contributed by atoms with van der Waals surface area (Å²) in [4.78, 5) is 2.54. The van der Waals surface area contributed by atoms with E-state index in [0.717, 1.165) is 19.4 Å². The van der Waals surface area contributed by atoms with E-state index in [1.54, 1.807) is 0 Å². The summed E-state index contributed by atoms with van der Waals surface area (Å²) in [5.41, 5.74) is 0. The molecule has 1 aliphatic rings. The van der Waals surface area contributed by atoms with Crippen LogP contribution < -0.4 is 0 Å². The summed E-state index contributed by atoms with van der Waals surface area (Å²) in [6.07, 6.45) is 4.32. The smallest absolute Gasteiger partial charge is 0.0570 e. The van der Waals surface area contributed by atoms with Gasteiger partial charge in [0.05, 0.1) is 6.10 Å². The van der Waals surface area contributed by atoms with Crippen molar-refractivity contribution in [2.75, 3.05) is 6.54 Å². The van der Waals surface area contributed by atoms with Crippen molar-refractivity contribution in [3.05, 3.63) is 0 Å². The fourth-order valence-corrected chi connectivity index (χ4v) is 2.62. The van der Waals surface area contributed by atoms with Crippen molar-refractivity contribution in [1.29, 1.82) is 0 Å². The zero-order chi connectivity index (χ0) is 9.84. The Morgan fingerprint density at radius 2 is 2.00 bits per heavy atom. The lowest BCUT2D eigenvalue weighted by molar-refractivity contribution is 0.00671. The molecule has 3 atom stereocenters. The standard InChI is InChI=1S/C11H23NO/c1-4-6-10-8-11(13)7-9(3)12(10)5-2/h9-11,13H,4-8H2,1-3H3. The molecule has 0 spiro atoms. The highest BCUT2D eigenvalue weighted by molar-refractivity contribution is 4.85. The van der Waals surface area contributed by atoms with Gasteiger partial charge in [-0.1, -0.05) is 20.3 Å². The summed E-state index contributed by atoms with van der Waals surface area (Å²) in [5.74, 6) is 0. The Morgan fingerprint density at radius 3 is 2.54 bits per heavy atom. The summed E-state index contributed by atoms with van der Waals surface area (Å²) in [6.45, 7) is 7.80. The lowest BCUT2D eigenvalue weighted by Crippen LogP contribution is -2.49. The van der Waals surface area contributed by atoms with Gasteiger partial charge in [0.1, 0.15) is 0 Å². The molecule has 0 aliphatic carbocycles. The summed E-state index contributed by atoms with van der Waals surface area (Å²) < 4.78 is 0.